The van der Waals surface area contributed by atoms with E-state index in [4.69, 9.17) is 4.74 Å². The van der Waals surface area contributed by atoms with Crippen molar-refractivity contribution in [1.29, 1.82) is 0 Å². The molecule has 0 aromatic heterocycles. The molecule has 18 heavy (non-hydrogen) atoms. The molecule has 0 spiro atoms. The summed E-state index contributed by atoms with van der Waals surface area (Å²) in [6.07, 6.45) is 0.715. The van der Waals surface area contributed by atoms with Crippen molar-refractivity contribution in [2.75, 3.05) is 24.7 Å². The van der Waals surface area contributed by atoms with Gasteiger partial charge in [-0.25, -0.2) is 8.42 Å². The van der Waals surface area contributed by atoms with Crippen LogP contribution in [0.2, 0.25) is 0 Å². The molecule has 100 valence electrons. The third kappa shape index (κ3) is 3.99. The first-order valence-corrected chi connectivity index (χ1v) is 8.00. The van der Waals surface area contributed by atoms with Gasteiger partial charge in [0, 0.05) is 12.6 Å². The number of hydrogen-bond donors (Lipinski definition) is 1. The van der Waals surface area contributed by atoms with Gasteiger partial charge in [0.2, 0.25) is 0 Å². The molecule has 0 aliphatic carbocycles. The summed E-state index contributed by atoms with van der Waals surface area (Å²) >= 11 is 0. The molecule has 2 rings (SSSR count). The molecule has 0 amide bonds. The molecule has 1 fully saturated rings. The van der Waals surface area contributed by atoms with Gasteiger partial charge in [-0.1, -0.05) is 12.1 Å². The molecule has 0 radical (unpaired) electrons. The van der Waals surface area contributed by atoms with Crippen LogP contribution in [0.3, 0.4) is 0 Å². The number of nitrogens with one attached hydrogen (secondary N) is 1. The van der Waals surface area contributed by atoms with Crippen LogP contribution in [0.4, 0.5) is 0 Å². The zero-order valence-electron chi connectivity index (χ0n) is 10.6. The Morgan fingerprint density at radius 1 is 1.44 bits per heavy atom. The maximum atomic E-state index is 11.3. The largest absolute Gasteiger partial charge is 0.492 e. The quantitative estimate of drug-likeness (QED) is 0.815. The summed E-state index contributed by atoms with van der Waals surface area (Å²) in [6.45, 7) is 3.25. The maximum Gasteiger partial charge on any atom is 0.151 e. The second-order valence-electron chi connectivity index (χ2n) is 4.72. The highest BCUT2D eigenvalue weighted by molar-refractivity contribution is 7.91. The first kappa shape index (κ1) is 13.4. The Hall–Kier alpha value is -1.07. The fraction of sp³-hybridized carbons (Fsp3) is 0.538. The lowest BCUT2D eigenvalue weighted by Crippen LogP contribution is -2.33. The van der Waals surface area contributed by atoms with Gasteiger partial charge in [0.1, 0.15) is 12.4 Å². The van der Waals surface area contributed by atoms with Crippen LogP contribution in [-0.2, 0) is 9.84 Å². The van der Waals surface area contributed by atoms with Crippen molar-refractivity contribution in [3.05, 3.63) is 29.8 Å². The Morgan fingerprint density at radius 3 is 2.94 bits per heavy atom. The number of ether oxygens (including phenoxy) is 1. The summed E-state index contributed by atoms with van der Waals surface area (Å²) in [5.74, 6) is 1.43. The van der Waals surface area contributed by atoms with E-state index in [0.29, 0.717) is 25.3 Å². The summed E-state index contributed by atoms with van der Waals surface area (Å²) in [6, 6.07) is 7.99. The van der Waals surface area contributed by atoms with Crippen molar-refractivity contribution < 1.29 is 13.2 Å². The van der Waals surface area contributed by atoms with Gasteiger partial charge in [0.05, 0.1) is 11.5 Å². The van der Waals surface area contributed by atoms with Crippen LogP contribution < -0.4 is 10.1 Å². The van der Waals surface area contributed by atoms with E-state index in [1.54, 1.807) is 0 Å². The Kier molecular flexibility index (Phi) is 4.24. The Morgan fingerprint density at radius 2 is 2.28 bits per heavy atom. The number of aryl methyl sites for hydroxylation is 1. The predicted octanol–water partition coefficient (Wildman–Crippen LogP) is 1.15. The molecule has 1 aromatic carbocycles. The molecule has 4 nitrogen and oxygen atoms in total. The third-order valence-corrected chi connectivity index (χ3v) is 4.79. The van der Waals surface area contributed by atoms with Gasteiger partial charge in [0.25, 0.3) is 0 Å². The molecule has 1 aromatic rings. The summed E-state index contributed by atoms with van der Waals surface area (Å²) in [5, 5.41) is 3.22. The van der Waals surface area contributed by atoms with Crippen LogP contribution in [0, 0.1) is 6.92 Å². The van der Waals surface area contributed by atoms with Crippen LogP contribution in [-0.4, -0.2) is 39.1 Å². The zero-order chi connectivity index (χ0) is 13.0. The van der Waals surface area contributed by atoms with Crippen LogP contribution in [0.15, 0.2) is 24.3 Å². The number of hydrogen-bond acceptors (Lipinski definition) is 4. The molecular formula is C13H19NO3S. The minimum absolute atomic E-state index is 0.0936. The SMILES string of the molecule is Cc1cccc(OCCNC2CCS(=O)(=O)C2)c1. The summed E-state index contributed by atoms with van der Waals surface area (Å²) in [7, 11) is -2.79. The normalized spacial score (nSPS) is 21.9. The van der Waals surface area contributed by atoms with Gasteiger partial charge in [-0.2, -0.15) is 0 Å². The molecule has 1 aliphatic rings. The molecule has 5 heteroatoms. The van der Waals surface area contributed by atoms with E-state index in [1.165, 1.54) is 5.56 Å². The second kappa shape index (κ2) is 5.71. The van der Waals surface area contributed by atoms with Crippen LogP contribution >= 0.6 is 0 Å². The molecular weight excluding hydrogens is 250 g/mol. The minimum atomic E-state index is -2.79. The smallest absolute Gasteiger partial charge is 0.151 e. The molecule has 1 heterocycles. The Bertz CT molecular complexity index is 499. The minimum Gasteiger partial charge on any atom is -0.492 e. The topological polar surface area (TPSA) is 55.4 Å². The number of sulfone groups is 1. The molecule has 1 unspecified atom stereocenters. The summed E-state index contributed by atoms with van der Waals surface area (Å²) < 4.78 is 28.1. The van der Waals surface area contributed by atoms with Crippen molar-refractivity contribution in [3.8, 4) is 5.75 Å². The standard InChI is InChI=1S/C13H19NO3S/c1-11-3-2-4-13(9-11)17-7-6-14-12-5-8-18(15,16)10-12/h2-4,9,12,14H,5-8,10H2,1H3. The van der Waals surface area contributed by atoms with Gasteiger partial charge in [-0.15, -0.1) is 0 Å². The van der Waals surface area contributed by atoms with Gasteiger partial charge >= 0.3 is 0 Å². The van der Waals surface area contributed by atoms with Crippen molar-refractivity contribution in [2.24, 2.45) is 0 Å². The average Bonchev–Trinajstić information content (AvgIpc) is 2.65. The first-order valence-electron chi connectivity index (χ1n) is 6.18. The van der Waals surface area contributed by atoms with Crippen molar-refractivity contribution in [2.45, 2.75) is 19.4 Å². The highest BCUT2D eigenvalue weighted by Crippen LogP contribution is 2.13. The van der Waals surface area contributed by atoms with Gasteiger partial charge in [-0.3, -0.25) is 0 Å². The van der Waals surface area contributed by atoms with E-state index in [2.05, 4.69) is 5.32 Å². The summed E-state index contributed by atoms with van der Waals surface area (Å²) in [4.78, 5) is 0. The van der Waals surface area contributed by atoms with E-state index < -0.39 is 9.84 Å². The maximum absolute atomic E-state index is 11.3. The van der Waals surface area contributed by atoms with E-state index in [1.807, 2.05) is 31.2 Å². The lowest BCUT2D eigenvalue weighted by molar-refractivity contribution is 0.307. The molecule has 0 bridgehead atoms. The summed E-state index contributed by atoms with van der Waals surface area (Å²) in [5.41, 5.74) is 1.17. The third-order valence-electron chi connectivity index (χ3n) is 3.03. The molecule has 1 N–H and O–H groups in total. The van der Waals surface area contributed by atoms with Crippen LogP contribution in [0.5, 0.6) is 5.75 Å². The van der Waals surface area contributed by atoms with Gasteiger partial charge in [0.15, 0.2) is 9.84 Å². The molecule has 1 saturated heterocycles. The van der Waals surface area contributed by atoms with Gasteiger partial charge < -0.3 is 10.1 Å². The monoisotopic (exact) mass is 269 g/mol. The van der Waals surface area contributed by atoms with E-state index >= 15 is 0 Å². The predicted molar refractivity (Wildman–Crippen MR) is 71.7 cm³/mol. The second-order valence-corrected chi connectivity index (χ2v) is 6.95. The van der Waals surface area contributed by atoms with Crippen molar-refractivity contribution in [1.82, 2.24) is 5.32 Å². The molecule has 1 atom stereocenters. The van der Waals surface area contributed by atoms with Crippen molar-refractivity contribution >= 4 is 9.84 Å². The molecule has 0 saturated carbocycles. The molecule has 1 aliphatic heterocycles. The van der Waals surface area contributed by atoms with E-state index in [-0.39, 0.29) is 11.8 Å². The first-order chi connectivity index (χ1) is 8.55. The Labute approximate surface area is 108 Å². The fourth-order valence-corrected chi connectivity index (χ4v) is 3.80. The Balaban J connectivity index is 1.68. The number of benzene rings is 1. The number of rotatable bonds is 5. The van der Waals surface area contributed by atoms with Gasteiger partial charge in [-0.05, 0) is 31.0 Å². The highest BCUT2D eigenvalue weighted by Gasteiger charge is 2.26. The lowest BCUT2D eigenvalue weighted by atomic mass is 10.2. The fourth-order valence-electron chi connectivity index (χ4n) is 2.09. The van der Waals surface area contributed by atoms with Crippen molar-refractivity contribution in [3.63, 3.8) is 0 Å². The highest BCUT2D eigenvalue weighted by atomic mass is 32.2. The zero-order valence-corrected chi connectivity index (χ0v) is 11.4. The van der Waals surface area contributed by atoms with E-state index in [9.17, 15) is 8.42 Å². The average molecular weight is 269 g/mol. The van der Waals surface area contributed by atoms with E-state index in [0.717, 1.165) is 5.75 Å². The van der Waals surface area contributed by atoms with Crippen LogP contribution in [0.25, 0.3) is 0 Å². The van der Waals surface area contributed by atoms with Crippen LogP contribution in [0.1, 0.15) is 12.0 Å². The lowest BCUT2D eigenvalue weighted by Gasteiger charge is -2.11.